The highest BCUT2D eigenvalue weighted by atomic mass is 16.5. The van der Waals surface area contributed by atoms with Crippen molar-refractivity contribution in [2.45, 2.75) is 19.9 Å². The Labute approximate surface area is 163 Å². The molecule has 3 aromatic heterocycles. The van der Waals surface area contributed by atoms with Crippen LogP contribution in [0.5, 0.6) is 0 Å². The van der Waals surface area contributed by atoms with Gasteiger partial charge in [-0.3, -0.25) is 4.98 Å². The molecule has 0 bridgehead atoms. The van der Waals surface area contributed by atoms with E-state index >= 15 is 0 Å². The van der Waals surface area contributed by atoms with Crippen molar-refractivity contribution in [2.24, 2.45) is 0 Å². The molecular weight excluding hydrogens is 356 g/mol. The lowest BCUT2D eigenvalue weighted by Crippen LogP contribution is -2.37. The Balaban J connectivity index is 1.55. The Bertz CT molecular complexity index is 996. The van der Waals surface area contributed by atoms with E-state index in [0.29, 0.717) is 24.9 Å². The molecule has 8 heteroatoms. The highest BCUT2D eigenvalue weighted by Crippen LogP contribution is 2.33. The average Bonchev–Trinajstić information content (AvgIpc) is 3.24. The molecule has 1 N–H and O–H groups in total. The minimum atomic E-state index is 0.482. The lowest BCUT2D eigenvalue weighted by molar-refractivity contribution is 0.122. The topological polar surface area (TPSA) is 89.2 Å². The maximum atomic E-state index is 5.68. The molecule has 1 fully saturated rings. The molecule has 2 aliphatic heterocycles. The van der Waals surface area contributed by atoms with Crippen LogP contribution in [0, 0.1) is 6.92 Å². The van der Waals surface area contributed by atoms with Gasteiger partial charge in [-0.1, -0.05) is 5.16 Å². The molecule has 0 aromatic carbocycles. The molecule has 0 saturated carbocycles. The zero-order valence-corrected chi connectivity index (χ0v) is 15.8. The number of nitrogens with zero attached hydrogens (tertiary/aromatic N) is 5. The van der Waals surface area contributed by atoms with Crippen molar-refractivity contribution >= 4 is 5.82 Å². The molecule has 0 atom stereocenters. The summed E-state index contributed by atoms with van der Waals surface area (Å²) in [5.74, 6) is 1.93. The van der Waals surface area contributed by atoms with Gasteiger partial charge in [-0.05, 0) is 43.1 Å². The van der Waals surface area contributed by atoms with Gasteiger partial charge in [-0.25, -0.2) is 4.98 Å². The van der Waals surface area contributed by atoms with Gasteiger partial charge in [0.05, 0.1) is 18.8 Å². The van der Waals surface area contributed by atoms with Crippen molar-refractivity contribution in [3.63, 3.8) is 0 Å². The molecule has 144 valence electrons. The van der Waals surface area contributed by atoms with Gasteiger partial charge >= 0.3 is 0 Å². The van der Waals surface area contributed by atoms with E-state index in [1.54, 1.807) is 6.20 Å². The summed E-state index contributed by atoms with van der Waals surface area (Å²) in [4.78, 5) is 16.1. The maximum Gasteiger partial charge on any atom is 0.262 e. The standard InChI is InChI=1S/C20H22N6O2/c1-13-17(15-4-6-21-11-14(15)12-23-13)18-24-20(28-25-18)16-3-2-5-22-19(16)26-7-9-27-10-8-26/h2-3,5,12,21H,4,6-11H2,1H3. The molecule has 0 radical (unpaired) electrons. The van der Waals surface area contributed by atoms with Crippen LogP contribution in [0.3, 0.4) is 0 Å². The lowest BCUT2D eigenvalue weighted by atomic mass is 9.95. The van der Waals surface area contributed by atoms with Crippen LogP contribution in [0.4, 0.5) is 5.82 Å². The molecule has 3 aromatic rings. The van der Waals surface area contributed by atoms with Gasteiger partial charge in [0.15, 0.2) is 0 Å². The number of morpholine rings is 1. The molecular formula is C20H22N6O2. The molecule has 0 aliphatic carbocycles. The summed E-state index contributed by atoms with van der Waals surface area (Å²) >= 11 is 0. The van der Waals surface area contributed by atoms with Crippen molar-refractivity contribution in [3.8, 4) is 22.8 Å². The lowest BCUT2D eigenvalue weighted by Gasteiger charge is -2.28. The number of aromatic nitrogens is 4. The Morgan fingerprint density at radius 3 is 2.96 bits per heavy atom. The quantitative estimate of drug-likeness (QED) is 0.740. The van der Waals surface area contributed by atoms with Crippen LogP contribution in [0.15, 0.2) is 29.0 Å². The fourth-order valence-electron chi connectivity index (χ4n) is 3.89. The molecule has 28 heavy (non-hydrogen) atoms. The van der Waals surface area contributed by atoms with Gasteiger partial charge in [-0.2, -0.15) is 4.98 Å². The maximum absolute atomic E-state index is 5.68. The van der Waals surface area contributed by atoms with Crippen molar-refractivity contribution < 1.29 is 9.26 Å². The summed E-state index contributed by atoms with van der Waals surface area (Å²) in [7, 11) is 0. The third kappa shape index (κ3) is 3.04. The first-order chi connectivity index (χ1) is 13.8. The third-order valence-electron chi connectivity index (χ3n) is 5.31. The van der Waals surface area contributed by atoms with Gasteiger partial charge in [0, 0.05) is 43.3 Å². The van der Waals surface area contributed by atoms with E-state index in [2.05, 4.69) is 25.3 Å². The summed E-state index contributed by atoms with van der Waals surface area (Å²) in [6.07, 6.45) is 4.67. The molecule has 0 spiro atoms. The minimum Gasteiger partial charge on any atom is -0.378 e. The highest BCUT2D eigenvalue weighted by molar-refractivity contribution is 5.72. The van der Waals surface area contributed by atoms with E-state index in [9.17, 15) is 0 Å². The van der Waals surface area contributed by atoms with Crippen molar-refractivity contribution in [1.29, 1.82) is 0 Å². The van der Waals surface area contributed by atoms with Crippen molar-refractivity contribution in [3.05, 3.63) is 41.3 Å². The molecule has 0 unspecified atom stereocenters. The highest BCUT2D eigenvalue weighted by Gasteiger charge is 2.24. The molecule has 5 heterocycles. The normalized spacial score (nSPS) is 16.8. The zero-order chi connectivity index (χ0) is 18.9. The molecule has 0 amide bonds. The van der Waals surface area contributed by atoms with Crippen LogP contribution in [-0.2, 0) is 17.7 Å². The van der Waals surface area contributed by atoms with E-state index < -0.39 is 0 Å². The molecule has 8 nitrogen and oxygen atoms in total. The van der Waals surface area contributed by atoms with Crippen LogP contribution >= 0.6 is 0 Å². The fraction of sp³-hybridized carbons (Fsp3) is 0.400. The summed E-state index contributed by atoms with van der Waals surface area (Å²) in [5, 5.41) is 7.69. The van der Waals surface area contributed by atoms with Crippen LogP contribution in [0.1, 0.15) is 16.8 Å². The molecule has 2 aliphatic rings. The van der Waals surface area contributed by atoms with Gasteiger partial charge in [-0.15, -0.1) is 0 Å². The van der Waals surface area contributed by atoms with E-state index in [1.807, 2.05) is 25.3 Å². The first kappa shape index (κ1) is 17.3. The number of hydrogen-bond donors (Lipinski definition) is 1. The number of aryl methyl sites for hydroxylation is 1. The predicted molar refractivity (Wildman–Crippen MR) is 104 cm³/mol. The number of anilines is 1. The fourth-order valence-corrected chi connectivity index (χ4v) is 3.89. The summed E-state index contributed by atoms with van der Waals surface area (Å²) in [6, 6.07) is 3.87. The Kier molecular flexibility index (Phi) is 4.50. The van der Waals surface area contributed by atoms with Crippen LogP contribution < -0.4 is 10.2 Å². The number of pyridine rings is 2. The second-order valence-corrected chi connectivity index (χ2v) is 7.05. The average molecular weight is 378 g/mol. The van der Waals surface area contributed by atoms with Crippen molar-refractivity contribution in [1.82, 2.24) is 25.4 Å². The second-order valence-electron chi connectivity index (χ2n) is 7.05. The first-order valence-corrected chi connectivity index (χ1v) is 9.61. The van der Waals surface area contributed by atoms with Crippen molar-refractivity contribution in [2.75, 3.05) is 37.7 Å². The third-order valence-corrected chi connectivity index (χ3v) is 5.31. The number of rotatable bonds is 3. The SMILES string of the molecule is Cc1ncc2c(c1-c1noc(-c3cccnc3N3CCOCC3)n1)CCNC2. The Morgan fingerprint density at radius 1 is 1.18 bits per heavy atom. The Morgan fingerprint density at radius 2 is 2.07 bits per heavy atom. The van der Waals surface area contributed by atoms with E-state index in [-0.39, 0.29) is 0 Å². The summed E-state index contributed by atoms with van der Waals surface area (Å²) in [6.45, 7) is 6.75. The minimum absolute atomic E-state index is 0.482. The van der Waals surface area contributed by atoms with Gasteiger partial charge in [0.25, 0.3) is 5.89 Å². The molecule has 1 saturated heterocycles. The number of fused-ring (bicyclic) bond motifs is 1. The van der Waals surface area contributed by atoms with E-state index in [0.717, 1.165) is 55.2 Å². The summed E-state index contributed by atoms with van der Waals surface area (Å²) < 4.78 is 11.1. The molecule has 5 rings (SSSR count). The number of ether oxygens (including phenoxy) is 1. The second kappa shape index (κ2) is 7.29. The van der Waals surface area contributed by atoms with Crippen LogP contribution in [-0.4, -0.2) is 53.0 Å². The van der Waals surface area contributed by atoms with E-state index in [4.69, 9.17) is 14.2 Å². The van der Waals surface area contributed by atoms with Gasteiger partial charge < -0.3 is 19.5 Å². The largest absolute Gasteiger partial charge is 0.378 e. The van der Waals surface area contributed by atoms with Crippen LogP contribution in [0.25, 0.3) is 22.8 Å². The van der Waals surface area contributed by atoms with Gasteiger partial charge in [0.1, 0.15) is 5.82 Å². The zero-order valence-electron chi connectivity index (χ0n) is 15.8. The number of nitrogens with one attached hydrogen (secondary N) is 1. The Hall–Kier alpha value is -2.84. The van der Waals surface area contributed by atoms with E-state index in [1.165, 1.54) is 11.1 Å². The van der Waals surface area contributed by atoms with Gasteiger partial charge in [0.2, 0.25) is 5.82 Å². The smallest absolute Gasteiger partial charge is 0.262 e. The monoisotopic (exact) mass is 378 g/mol. The number of hydrogen-bond acceptors (Lipinski definition) is 8. The van der Waals surface area contributed by atoms with Crippen LogP contribution in [0.2, 0.25) is 0 Å². The summed E-state index contributed by atoms with van der Waals surface area (Å²) in [5.41, 5.74) is 5.23. The predicted octanol–water partition coefficient (Wildman–Crippen LogP) is 1.98. The first-order valence-electron chi connectivity index (χ1n) is 9.61.